The minimum Gasteiger partial charge on any atom is -0.493 e. The van der Waals surface area contributed by atoms with Crippen LogP contribution in [-0.4, -0.2) is 39.4 Å². The van der Waals surface area contributed by atoms with E-state index in [0.29, 0.717) is 6.61 Å². The van der Waals surface area contributed by atoms with Crippen LogP contribution >= 0.6 is 0 Å². The molecule has 4 aromatic rings. The maximum atomic E-state index is 5.95. The highest BCUT2D eigenvalue weighted by Gasteiger charge is 2.25. The summed E-state index contributed by atoms with van der Waals surface area (Å²) >= 11 is 0. The van der Waals surface area contributed by atoms with Gasteiger partial charge in [0.1, 0.15) is 11.4 Å². The van der Waals surface area contributed by atoms with E-state index in [1.54, 1.807) is 0 Å². The fourth-order valence-corrected chi connectivity index (χ4v) is 4.30. The van der Waals surface area contributed by atoms with E-state index in [2.05, 4.69) is 39.0 Å². The van der Waals surface area contributed by atoms with Crippen molar-refractivity contribution in [3.63, 3.8) is 0 Å². The van der Waals surface area contributed by atoms with Gasteiger partial charge in [0, 0.05) is 41.6 Å². The average Bonchev–Trinajstić information content (AvgIpc) is 3.40. The summed E-state index contributed by atoms with van der Waals surface area (Å²) in [4.78, 5) is 9.21. The van der Waals surface area contributed by atoms with Gasteiger partial charge in [-0.3, -0.25) is 14.6 Å². The quantitative estimate of drug-likeness (QED) is 0.431. The summed E-state index contributed by atoms with van der Waals surface area (Å²) in [6.07, 6.45) is 6.86. The number of pyridine rings is 2. The Morgan fingerprint density at radius 2 is 2.06 bits per heavy atom. The third kappa shape index (κ3) is 3.91. The lowest BCUT2D eigenvalue weighted by Crippen LogP contribution is -2.16. The van der Waals surface area contributed by atoms with E-state index in [9.17, 15) is 0 Å². The highest BCUT2D eigenvalue weighted by molar-refractivity contribution is 5.99. The largest absolute Gasteiger partial charge is 0.493 e. The van der Waals surface area contributed by atoms with Gasteiger partial charge in [0.05, 0.1) is 17.8 Å². The number of aromatic nitrogens is 4. The van der Waals surface area contributed by atoms with E-state index >= 15 is 0 Å². The molecule has 0 amide bonds. The second-order valence-electron chi connectivity index (χ2n) is 7.81. The van der Waals surface area contributed by atoms with Crippen molar-refractivity contribution >= 4 is 10.9 Å². The zero-order valence-corrected chi connectivity index (χ0v) is 17.8. The first-order valence-electron chi connectivity index (χ1n) is 11.1. The van der Waals surface area contributed by atoms with Crippen LogP contribution in [0.2, 0.25) is 0 Å². The van der Waals surface area contributed by atoms with Gasteiger partial charge in [0.25, 0.3) is 0 Å². The van der Waals surface area contributed by atoms with Gasteiger partial charge < -0.3 is 10.1 Å². The van der Waals surface area contributed by atoms with E-state index in [-0.39, 0.29) is 0 Å². The number of hydrogen-bond donors (Lipinski definition) is 1. The molecule has 0 atom stereocenters. The third-order valence-corrected chi connectivity index (χ3v) is 5.75. The lowest BCUT2D eigenvalue weighted by molar-refractivity contribution is 0.309. The lowest BCUT2D eigenvalue weighted by Gasteiger charge is -2.11. The van der Waals surface area contributed by atoms with Crippen LogP contribution in [0.3, 0.4) is 0 Å². The maximum Gasteiger partial charge on any atom is 0.121 e. The highest BCUT2D eigenvalue weighted by atomic mass is 16.5. The van der Waals surface area contributed by atoms with Crippen molar-refractivity contribution in [1.82, 2.24) is 25.1 Å². The van der Waals surface area contributed by atoms with Crippen LogP contribution in [0.15, 0.2) is 54.9 Å². The van der Waals surface area contributed by atoms with Gasteiger partial charge in [0.2, 0.25) is 0 Å². The fraction of sp³-hybridized carbons (Fsp3) is 0.320. The molecule has 1 N–H and O–H groups in total. The van der Waals surface area contributed by atoms with Gasteiger partial charge in [-0.25, -0.2) is 0 Å². The number of nitrogens with zero attached hydrogens (tertiary/aromatic N) is 4. The molecule has 0 saturated carbocycles. The van der Waals surface area contributed by atoms with Crippen LogP contribution < -0.4 is 10.1 Å². The topological polar surface area (TPSA) is 64.9 Å². The van der Waals surface area contributed by atoms with E-state index in [4.69, 9.17) is 9.84 Å². The van der Waals surface area contributed by atoms with Crippen molar-refractivity contribution in [1.29, 1.82) is 0 Å². The molecular weight excluding hydrogens is 386 g/mol. The Morgan fingerprint density at radius 1 is 1.10 bits per heavy atom. The average molecular weight is 414 g/mol. The van der Waals surface area contributed by atoms with Crippen LogP contribution in [0, 0.1) is 0 Å². The summed E-state index contributed by atoms with van der Waals surface area (Å²) in [6.45, 7) is 5.72. The Morgan fingerprint density at radius 3 is 2.94 bits per heavy atom. The van der Waals surface area contributed by atoms with E-state index in [1.165, 1.54) is 11.3 Å². The van der Waals surface area contributed by atoms with Crippen LogP contribution in [0.1, 0.15) is 25.5 Å². The van der Waals surface area contributed by atoms with E-state index < -0.39 is 0 Å². The first-order chi connectivity index (χ1) is 15.3. The van der Waals surface area contributed by atoms with Gasteiger partial charge in [-0.15, -0.1) is 0 Å². The molecule has 0 radical (unpaired) electrons. The van der Waals surface area contributed by atoms with Crippen LogP contribution in [0.25, 0.3) is 33.4 Å². The van der Waals surface area contributed by atoms with Crippen molar-refractivity contribution in [2.45, 2.75) is 32.7 Å². The standard InChI is InChI=1S/C25H27N5O/c1-2-26-12-6-16-31-18-9-10-19-20(11-14-28-22(19)17-18)24-23-8-5-15-30(23)29-25(24)21-7-3-4-13-27-21/h3-4,7,9-11,13-14,17,26H,2,5-6,8,12,15-16H2,1H3. The smallest absolute Gasteiger partial charge is 0.121 e. The molecule has 1 aliphatic heterocycles. The predicted octanol–water partition coefficient (Wildman–Crippen LogP) is 4.48. The summed E-state index contributed by atoms with van der Waals surface area (Å²) < 4.78 is 8.10. The van der Waals surface area contributed by atoms with E-state index in [1.807, 2.05) is 42.7 Å². The molecule has 0 unspecified atom stereocenters. The molecule has 31 heavy (non-hydrogen) atoms. The van der Waals surface area contributed by atoms with Gasteiger partial charge >= 0.3 is 0 Å². The fourth-order valence-electron chi connectivity index (χ4n) is 4.30. The number of ether oxygens (including phenoxy) is 1. The van der Waals surface area contributed by atoms with Gasteiger partial charge in [-0.2, -0.15) is 5.10 Å². The monoisotopic (exact) mass is 413 g/mol. The first kappa shape index (κ1) is 19.7. The Hall–Kier alpha value is -3.25. The molecule has 0 saturated heterocycles. The number of hydrogen-bond acceptors (Lipinski definition) is 5. The summed E-state index contributed by atoms with van der Waals surface area (Å²) in [5.41, 5.74) is 6.43. The van der Waals surface area contributed by atoms with Crippen LogP contribution in [0.5, 0.6) is 5.75 Å². The zero-order chi connectivity index (χ0) is 21.0. The predicted molar refractivity (Wildman–Crippen MR) is 123 cm³/mol. The molecule has 0 fully saturated rings. The molecule has 6 nitrogen and oxygen atoms in total. The van der Waals surface area contributed by atoms with Crippen molar-refractivity contribution < 1.29 is 4.74 Å². The number of nitrogens with one attached hydrogen (secondary N) is 1. The SMILES string of the molecule is CCNCCCOc1ccc2c(-c3c(-c4ccccn4)nn4c3CCC4)ccnc2c1. The molecular formula is C25H27N5O. The molecule has 5 rings (SSSR count). The normalized spacial score (nSPS) is 12.9. The van der Waals surface area contributed by atoms with Crippen LogP contribution in [0.4, 0.5) is 0 Å². The maximum absolute atomic E-state index is 5.95. The second kappa shape index (κ2) is 8.86. The second-order valence-corrected chi connectivity index (χ2v) is 7.81. The summed E-state index contributed by atoms with van der Waals surface area (Å²) in [5.74, 6) is 0.860. The number of rotatable bonds is 8. The molecule has 0 bridgehead atoms. The van der Waals surface area contributed by atoms with Crippen molar-refractivity contribution in [3.05, 3.63) is 60.6 Å². The summed E-state index contributed by atoms with van der Waals surface area (Å²) in [6, 6.07) is 14.3. The highest BCUT2D eigenvalue weighted by Crippen LogP contribution is 2.40. The number of benzene rings is 1. The van der Waals surface area contributed by atoms with E-state index in [0.717, 1.165) is 72.5 Å². The van der Waals surface area contributed by atoms with Crippen molar-refractivity contribution in [2.24, 2.45) is 0 Å². The minimum atomic E-state index is 0.693. The minimum absolute atomic E-state index is 0.693. The van der Waals surface area contributed by atoms with Gasteiger partial charge in [-0.05, 0) is 68.2 Å². The molecule has 1 aromatic carbocycles. The van der Waals surface area contributed by atoms with Crippen molar-refractivity contribution in [3.8, 4) is 28.3 Å². The molecule has 4 heterocycles. The van der Waals surface area contributed by atoms with Crippen LogP contribution in [-0.2, 0) is 13.0 Å². The Labute approximate surface area is 182 Å². The lowest BCUT2D eigenvalue weighted by atomic mass is 9.96. The molecule has 6 heteroatoms. The Kier molecular flexibility index (Phi) is 5.63. The Balaban J connectivity index is 1.53. The number of fused-ring (bicyclic) bond motifs is 2. The molecule has 0 aliphatic carbocycles. The third-order valence-electron chi connectivity index (χ3n) is 5.75. The summed E-state index contributed by atoms with van der Waals surface area (Å²) in [7, 11) is 0. The number of aryl methyl sites for hydroxylation is 1. The Bertz CT molecular complexity index is 1190. The molecule has 0 spiro atoms. The summed E-state index contributed by atoms with van der Waals surface area (Å²) in [5, 5.41) is 9.36. The molecule has 3 aromatic heterocycles. The first-order valence-corrected chi connectivity index (χ1v) is 11.1. The molecule has 158 valence electrons. The van der Waals surface area contributed by atoms with Crippen molar-refractivity contribution in [2.75, 3.05) is 19.7 Å². The van der Waals surface area contributed by atoms with Gasteiger partial charge in [-0.1, -0.05) is 13.0 Å². The van der Waals surface area contributed by atoms with Gasteiger partial charge in [0.15, 0.2) is 0 Å². The molecule has 1 aliphatic rings. The zero-order valence-electron chi connectivity index (χ0n) is 17.8.